The van der Waals surface area contributed by atoms with Crippen LogP contribution in [0.4, 0.5) is 11.6 Å². The molecule has 0 spiro atoms. The Kier molecular flexibility index (Phi) is 5.32. The van der Waals surface area contributed by atoms with Gasteiger partial charge in [0.05, 0.1) is 17.8 Å². The SMILES string of the molecule is CC[C@@H]1CCc2nnc(-c3cccc(N4Cc5c(cc(N6CCC[C@H]6C)nc5[C@@H](C)N)C4=O)n3)n21. The van der Waals surface area contributed by atoms with Gasteiger partial charge >= 0.3 is 0 Å². The van der Waals surface area contributed by atoms with Gasteiger partial charge in [0.15, 0.2) is 5.82 Å². The molecule has 9 nitrogen and oxygen atoms in total. The van der Waals surface area contributed by atoms with Gasteiger partial charge < -0.3 is 15.2 Å². The molecule has 3 atom stereocenters. The van der Waals surface area contributed by atoms with Gasteiger partial charge in [-0.1, -0.05) is 13.0 Å². The third kappa shape index (κ3) is 3.52. The van der Waals surface area contributed by atoms with Crippen molar-refractivity contribution in [1.29, 1.82) is 0 Å². The molecule has 1 fully saturated rings. The van der Waals surface area contributed by atoms with E-state index in [-0.39, 0.29) is 11.9 Å². The highest BCUT2D eigenvalue weighted by atomic mass is 16.2. The van der Waals surface area contributed by atoms with Gasteiger partial charge in [-0.3, -0.25) is 9.69 Å². The first-order chi connectivity index (χ1) is 17.0. The standard InChI is InChI=1S/C26H32N8O/c1-4-17-10-11-22-30-31-25(34(17)22)20-8-5-9-21(28-20)33-14-19-18(26(33)35)13-23(29-24(19)16(3)27)32-12-6-7-15(32)2/h5,8-9,13,15-17H,4,6-7,10-12,14,27H2,1-3H3/t15-,16-,17-/m1/s1. The number of amides is 1. The van der Waals surface area contributed by atoms with Crippen molar-refractivity contribution in [3.05, 3.63) is 46.9 Å². The molecule has 0 aromatic carbocycles. The lowest BCUT2D eigenvalue weighted by molar-refractivity contribution is 0.0996. The van der Waals surface area contributed by atoms with E-state index in [9.17, 15) is 4.79 Å². The smallest absolute Gasteiger partial charge is 0.260 e. The molecule has 3 aromatic rings. The number of aryl methyl sites for hydroxylation is 1. The maximum Gasteiger partial charge on any atom is 0.260 e. The Morgan fingerprint density at radius 3 is 2.77 bits per heavy atom. The van der Waals surface area contributed by atoms with E-state index in [4.69, 9.17) is 15.7 Å². The van der Waals surface area contributed by atoms with Crippen molar-refractivity contribution >= 4 is 17.5 Å². The van der Waals surface area contributed by atoms with Crippen LogP contribution >= 0.6 is 0 Å². The molecule has 0 unspecified atom stereocenters. The molecule has 0 saturated carbocycles. The second-order valence-corrected chi connectivity index (χ2v) is 10.0. The van der Waals surface area contributed by atoms with Crippen LogP contribution in [0.5, 0.6) is 0 Å². The highest BCUT2D eigenvalue weighted by Gasteiger charge is 2.35. The monoisotopic (exact) mass is 472 g/mol. The topological polar surface area (TPSA) is 106 Å². The number of pyridine rings is 2. The largest absolute Gasteiger partial charge is 0.354 e. The summed E-state index contributed by atoms with van der Waals surface area (Å²) in [4.78, 5) is 27.5. The molecule has 182 valence electrons. The zero-order valence-corrected chi connectivity index (χ0v) is 20.6. The Morgan fingerprint density at radius 1 is 1.17 bits per heavy atom. The predicted octanol–water partition coefficient (Wildman–Crippen LogP) is 3.80. The normalized spacial score (nSPS) is 22.1. The molecule has 3 aromatic heterocycles. The maximum atomic E-state index is 13.7. The van der Waals surface area contributed by atoms with Crippen LogP contribution < -0.4 is 15.5 Å². The maximum absolute atomic E-state index is 13.7. The zero-order valence-electron chi connectivity index (χ0n) is 20.6. The van der Waals surface area contributed by atoms with Crippen molar-refractivity contribution in [1.82, 2.24) is 24.7 Å². The van der Waals surface area contributed by atoms with Crippen molar-refractivity contribution in [3.63, 3.8) is 0 Å². The number of carbonyl (C=O) groups excluding carboxylic acids is 1. The first-order valence-corrected chi connectivity index (χ1v) is 12.7. The lowest BCUT2D eigenvalue weighted by Gasteiger charge is -2.24. The number of hydrogen-bond acceptors (Lipinski definition) is 7. The predicted molar refractivity (Wildman–Crippen MR) is 134 cm³/mol. The minimum absolute atomic E-state index is 0.0556. The third-order valence-corrected chi connectivity index (χ3v) is 7.76. The van der Waals surface area contributed by atoms with Gasteiger partial charge in [-0.15, -0.1) is 10.2 Å². The average molecular weight is 473 g/mol. The molecule has 3 aliphatic heterocycles. The molecule has 9 heteroatoms. The molecule has 2 N–H and O–H groups in total. The van der Waals surface area contributed by atoms with Crippen LogP contribution in [0.25, 0.3) is 11.5 Å². The Morgan fingerprint density at radius 2 is 2.03 bits per heavy atom. The van der Waals surface area contributed by atoms with Gasteiger partial charge in [0.1, 0.15) is 23.2 Å². The number of aromatic nitrogens is 5. The summed E-state index contributed by atoms with van der Waals surface area (Å²) < 4.78 is 2.22. The summed E-state index contributed by atoms with van der Waals surface area (Å²) in [6.07, 6.45) is 5.32. The van der Waals surface area contributed by atoms with E-state index in [1.54, 1.807) is 4.90 Å². The lowest BCUT2D eigenvalue weighted by atomic mass is 10.0. The Labute approximate surface area is 205 Å². The van der Waals surface area contributed by atoms with E-state index in [1.807, 2.05) is 31.2 Å². The Bertz CT molecular complexity index is 1300. The van der Waals surface area contributed by atoms with E-state index in [2.05, 4.69) is 33.5 Å². The fourth-order valence-corrected chi connectivity index (χ4v) is 5.85. The summed E-state index contributed by atoms with van der Waals surface area (Å²) in [6, 6.07) is 8.25. The van der Waals surface area contributed by atoms with Crippen LogP contribution in [0, 0.1) is 0 Å². The molecule has 6 rings (SSSR count). The molecule has 3 aliphatic rings. The number of nitrogens with zero attached hydrogens (tertiary/aromatic N) is 7. The van der Waals surface area contributed by atoms with Crippen LogP contribution in [-0.4, -0.2) is 43.2 Å². The van der Waals surface area contributed by atoms with Crippen molar-refractivity contribution < 1.29 is 4.79 Å². The van der Waals surface area contributed by atoms with Crippen LogP contribution in [-0.2, 0) is 13.0 Å². The quantitative estimate of drug-likeness (QED) is 0.602. The first-order valence-electron chi connectivity index (χ1n) is 12.7. The van der Waals surface area contributed by atoms with Crippen molar-refractivity contribution in [3.8, 4) is 11.5 Å². The van der Waals surface area contributed by atoms with Crippen molar-refractivity contribution in [2.75, 3.05) is 16.3 Å². The molecule has 0 aliphatic carbocycles. The molecule has 0 bridgehead atoms. The number of nitrogens with two attached hydrogens (primary N) is 1. The number of rotatable bonds is 5. The zero-order chi connectivity index (χ0) is 24.3. The minimum Gasteiger partial charge on any atom is -0.354 e. The number of anilines is 2. The van der Waals surface area contributed by atoms with E-state index in [0.717, 1.165) is 73.1 Å². The molecule has 1 amide bonds. The molecule has 35 heavy (non-hydrogen) atoms. The molecular weight excluding hydrogens is 440 g/mol. The number of hydrogen-bond donors (Lipinski definition) is 1. The minimum atomic E-state index is -0.266. The summed E-state index contributed by atoms with van der Waals surface area (Å²) in [6.45, 7) is 7.70. The van der Waals surface area contributed by atoms with Gasteiger partial charge in [-0.2, -0.15) is 0 Å². The van der Waals surface area contributed by atoms with Crippen LogP contribution in [0.1, 0.15) is 86.0 Å². The second-order valence-electron chi connectivity index (χ2n) is 10.0. The van der Waals surface area contributed by atoms with Gasteiger partial charge in [0.2, 0.25) is 0 Å². The van der Waals surface area contributed by atoms with Crippen LogP contribution in [0.2, 0.25) is 0 Å². The molecule has 6 heterocycles. The van der Waals surface area contributed by atoms with E-state index in [1.165, 1.54) is 0 Å². The van der Waals surface area contributed by atoms with E-state index >= 15 is 0 Å². The van der Waals surface area contributed by atoms with Gasteiger partial charge in [0, 0.05) is 36.7 Å². The Balaban J connectivity index is 1.37. The lowest BCUT2D eigenvalue weighted by Crippen LogP contribution is -2.28. The summed E-state index contributed by atoms with van der Waals surface area (Å²) in [7, 11) is 0. The van der Waals surface area contributed by atoms with E-state index < -0.39 is 0 Å². The fraction of sp³-hybridized carbons (Fsp3) is 0.500. The number of carbonyl (C=O) groups is 1. The summed E-state index contributed by atoms with van der Waals surface area (Å²) in [5.74, 6) is 3.19. The van der Waals surface area contributed by atoms with Crippen LogP contribution in [0.15, 0.2) is 24.3 Å². The summed E-state index contributed by atoms with van der Waals surface area (Å²) in [5.41, 5.74) is 9.46. The summed E-state index contributed by atoms with van der Waals surface area (Å²) in [5, 5.41) is 8.84. The highest BCUT2D eigenvalue weighted by Crippen LogP contribution is 2.36. The molecule has 1 saturated heterocycles. The van der Waals surface area contributed by atoms with Crippen molar-refractivity contribution in [2.45, 2.75) is 77.5 Å². The van der Waals surface area contributed by atoms with Gasteiger partial charge in [0.25, 0.3) is 5.91 Å². The second kappa shape index (κ2) is 8.41. The fourth-order valence-electron chi connectivity index (χ4n) is 5.85. The Hall–Kier alpha value is -3.33. The summed E-state index contributed by atoms with van der Waals surface area (Å²) >= 11 is 0. The van der Waals surface area contributed by atoms with Crippen LogP contribution in [0.3, 0.4) is 0 Å². The van der Waals surface area contributed by atoms with Gasteiger partial charge in [-0.05, 0) is 57.7 Å². The van der Waals surface area contributed by atoms with E-state index in [0.29, 0.717) is 30.0 Å². The molecular formula is C26H32N8O. The van der Waals surface area contributed by atoms with Crippen molar-refractivity contribution in [2.24, 2.45) is 5.73 Å². The van der Waals surface area contributed by atoms with Gasteiger partial charge in [-0.25, -0.2) is 9.97 Å². The third-order valence-electron chi connectivity index (χ3n) is 7.76. The molecule has 0 radical (unpaired) electrons. The first kappa shape index (κ1) is 22.2. The average Bonchev–Trinajstić information content (AvgIpc) is 3.63. The highest BCUT2D eigenvalue weighted by molar-refractivity contribution is 6.10. The number of fused-ring (bicyclic) bond motifs is 2.